The molecule has 1 aromatic heterocycles. The highest BCUT2D eigenvalue weighted by molar-refractivity contribution is 7.89. The zero-order chi connectivity index (χ0) is 16.4. The molecule has 0 bridgehead atoms. The maximum atomic E-state index is 12.3. The maximum Gasteiger partial charge on any atom is 0.257 e. The summed E-state index contributed by atoms with van der Waals surface area (Å²) >= 11 is 1.36. The fourth-order valence-corrected chi connectivity index (χ4v) is 3.65. The smallest absolute Gasteiger partial charge is 0.257 e. The number of thiazole rings is 1. The summed E-state index contributed by atoms with van der Waals surface area (Å²) in [6, 6.07) is 13.4. The van der Waals surface area contributed by atoms with E-state index < -0.39 is 15.9 Å². The number of hydrogen-bond donors (Lipinski definition) is 2. The van der Waals surface area contributed by atoms with Gasteiger partial charge in [-0.15, -0.1) is 0 Å². The highest BCUT2D eigenvalue weighted by atomic mass is 32.2. The van der Waals surface area contributed by atoms with Crippen LogP contribution in [0.1, 0.15) is 10.4 Å². The van der Waals surface area contributed by atoms with Crippen molar-refractivity contribution >= 4 is 42.6 Å². The van der Waals surface area contributed by atoms with Crippen LogP contribution in [-0.2, 0) is 10.0 Å². The molecule has 23 heavy (non-hydrogen) atoms. The van der Waals surface area contributed by atoms with E-state index in [4.69, 9.17) is 0 Å². The third-order valence-corrected chi connectivity index (χ3v) is 5.55. The number of nitrogens with one attached hydrogen (secondary N) is 2. The molecule has 3 rings (SSSR count). The van der Waals surface area contributed by atoms with Gasteiger partial charge in [0.25, 0.3) is 5.91 Å². The Hall–Kier alpha value is -2.29. The number of aromatic nitrogens is 1. The van der Waals surface area contributed by atoms with Gasteiger partial charge in [-0.2, -0.15) is 0 Å². The summed E-state index contributed by atoms with van der Waals surface area (Å²) in [5.74, 6) is -0.405. The Kier molecular flexibility index (Phi) is 4.12. The molecule has 0 fully saturated rings. The fourth-order valence-electron chi connectivity index (χ4n) is 2.02. The Morgan fingerprint density at radius 2 is 1.91 bits per heavy atom. The number of amides is 1. The van der Waals surface area contributed by atoms with Crippen LogP contribution in [0.5, 0.6) is 0 Å². The second kappa shape index (κ2) is 6.07. The van der Waals surface area contributed by atoms with Gasteiger partial charge in [0.2, 0.25) is 10.0 Å². The van der Waals surface area contributed by atoms with Gasteiger partial charge in [0.1, 0.15) is 0 Å². The number of anilines is 1. The molecule has 2 N–H and O–H groups in total. The first-order chi connectivity index (χ1) is 11.0. The molecule has 0 radical (unpaired) electrons. The van der Waals surface area contributed by atoms with E-state index in [-0.39, 0.29) is 10.5 Å². The van der Waals surface area contributed by atoms with Crippen molar-refractivity contribution in [2.45, 2.75) is 4.90 Å². The standard InChI is InChI=1S/C15H13N3O3S2/c1-16-23(20,21)11-6-4-5-10(9-11)14(19)18-15-17-12-7-2-3-8-13(12)22-15/h2-9,16H,1H3,(H,17,18,19). The average molecular weight is 347 g/mol. The molecule has 6 nitrogen and oxygen atoms in total. The van der Waals surface area contributed by atoms with E-state index in [9.17, 15) is 13.2 Å². The van der Waals surface area contributed by atoms with E-state index in [1.807, 2.05) is 24.3 Å². The predicted octanol–water partition coefficient (Wildman–Crippen LogP) is 2.46. The first kappa shape index (κ1) is 15.6. The van der Waals surface area contributed by atoms with Gasteiger partial charge in [-0.1, -0.05) is 29.5 Å². The quantitative estimate of drug-likeness (QED) is 0.759. The number of benzene rings is 2. The Bertz CT molecular complexity index is 947. The van der Waals surface area contributed by atoms with Crippen LogP contribution in [0.2, 0.25) is 0 Å². The molecule has 0 saturated heterocycles. The molecule has 0 unspecified atom stereocenters. The highest BCUT2D eigenvalue weighted by Gasteiger charge is 2.15. The summed E-state index contributed by atoms with van der Waals surface area (Å²) in [5, 5.41) is 3.17. The SMILES string of the molecule is CNS(=O)(=O)c1cccc(C(=O)Nc2nc3ccccc3s2)c1. The van der Waals surface area contributed by atoms with Crippen molar-refractivity contribution in [2.24, 2.45) is 0 Å². The lowest BCUT2D eigenvalue weighted by Crippen LogP contribution is -2.19. The summed E-state index contributed by atoms with van der Waals surface area (Å²) in [4.78, 5) is 16.7. The molecule has 2 aromatic carbocycles. The molecule has 0 atom stereocenters. The normalized spacial score (nSPS) is 11.5. The lowest BCUT2D eigenvalue weighted by molar-refractivity contribution is 0.102. The first-order valence-electron chi connectivity index (χ1n) is 6.70. The minimum Gasteiger partial charge on any atom is -0.298 e. The second-order valence-corrected chi connectivity index (χ2v) is 7.59. The maximum absolute atomic E-state index is 12.3. The summed E-state index contributed by atoms with van der Waals surface area (Å²) in [6.45, 7) is 0. The third-order valence-electron chi connectivity index (χ3n) is 3.19. The van der Waals surface area contributed by atoms with Crippen molar-refractivity contribution < 1.29 is 13.2 Å². The molecule has 0 aliphatic rings. The Morgan fingerprint density at radius 1 is 1.13 bits per heavy atom. The van der Waals surface area contributed by atoms with Crippen LogP contribution in [0.15, 0.2) is 53.4 Å². The van der Waals surface area contributed by atoms with Crippen molar-refractivity contribution in [2.75, 3.05) is 12.4 Å². The number of nitrogens with zero attached hydrogens (tertiary/aromatic N) is 1. The van der Waals surface area contributed by atoms with E-state index in [0.29, 0.717) is 5.13 Å². The van der Waals surface area contributed by atoms with Gasteiger partial charge < -0.3 is 0 Å². The van der Waals surface area contributed by atoms with Crippen molar-refractivity contribution in [1.82, 2.24) is 9.71 Å². The van der Waals surface area contributed by atoms with Gasteiger partial charge in [0.05, 0.1) is 15.1 Å². The van der Waals surface area contributed by atoms with E-state index in [0.717, 1.165) is 10.2 Å². The molecular weight excluding hydrogens is 334 g/mol. The summed E-state index contributed by atoms with van der Waals surface area (Å²) in [5.41, 5.74) is 1.06. The number of carbonyl (C=O) groups is 1. The summed E-state index contributed by atoms with van der Waals surface area (Å²) < 4.78 is 26.8. The zero-order valence-electron chi connectivity index (χ0n) is 12.1. The lowest BCUT2D eigenvalue weighted by atomic mass is 10.2. The van der Waals surface area contributed by atoms with Crippen molar-refractivity contribution in [3.63, 3.8) is 0 Å². The van der Waals surface area contributed by atoms with E-state index in [1.54, 1.807) is 6.07 Å². The molecule has 3 aromatic rings. The van der Waals surface area contributed by atoms with Gasteiger partial charge in [0.15, 0.2) is 5.13 Å². The minimum atomic E-state index is -3.59. The molecular formula is C15H13N3O3S2. The van der Waals surface area contributed by atoms with Gasteiger partial charge in [-0.3, -0.25) is 10.1 Å². The number of rotatable bonds is 4. The molecule has 118 valence electrons. The van der Waals surface area contributed by atoms with Gasteiger partial charge >= 0.3 is 0 Å². The highest BCUT2D eigenvalue weighted by Crippen LogP contribution is 2.25. The van der Waals surface area contributed by atoms with Crippen LogP contribution < -0.4 is 10.0 Å². The molecule has 0 saturated carbocycles. The Labute approximate surface area is 137 Å². The number of sulfonamides is 1. The van der Waals surface area contributed by atoms with Crippen LogP contribution in [0, 0.1) is 0 Å². The number of para-hydroxylation sites is 1. The zero-order valence-corrected chi connectivity index (χ0v) is 13.7. The Morgan fingerprint density at radius 3 is 2.65 bits per heavy atom. The summed E-state index contributed by atoms with van der Waals surface area (Å²) in [7, 11) is -2.27. The second-order valence-electron chi connectivity index (χ2n) is 4.68. The molecule has 1 heterocycles. The summed E-state index contributed by atoms with van der Waals surface area (Å²) in [6.07, 6.45) is 0. The molecule has 0 spiro atoms. The first-order valence-corrected chi connectivity index (χ1v) is 9.00. The predicted molar refractivity (Wildman–Crippen MR) is 90.3 cm³/mol. The third kappa shape index (κ3) is 3.24. The molecule has 0 aliphatic carbocycles. The fraction of sp³-hybridized carbons (Fsp3) is 0.0667. The van der Waals surface area contributed by atoms with Gasteiger partial charge in [0, 0.05) is 5.56 Å². The monoisotopic (exact) mass is 347 g/mol. The van der Waals surface area contributed by atoms with E-state index >= 15 is 0 Å². The van der Waals surface area contributed by atoms with Gasteiger partial charge in [-0.05, 0) is 37.4 Å². The largest absolute Gasteiger partial charge is 0.298 e. The molecule has 0 aliphatic heterocycles. The van der Waals surface area contributed by atoms with Crippen LogP contribution in [0.4, 0.5) is 5.13 Å². The van der Waals surface area contributed by atoms with E-state index in [1.165, 1.54) is 36.6 Å². The van der Waals surface area contributed by atoms with Crippen molar-refractivity contribution in [1.29, 1.82) is 0 Å². The topological polar surface area (TPSA) is 88.2 Å². The van der Waals surface area contributed by atoms with Gasteiger partial charge in [-0.25, -0.2) is 18.1 Å². The lowest BCUT2D eigenvalue weighted by Gasteiger charge is -2.05. The number of carbonyl (C=O) groups excluding carboxylic acids is 1. The van der Waals surface area contributed by atoms with Crippen molar-refractivity contribution in [3.8, 4) is 0 Å². The molecule has 1 amide bonds. The molecule has 8 heteroatoms. The Balaban J connectivity index is 1.87. The van der Waals surface area contributed by atoms with Crippen LogP contribution in [-0.4, -0.2) is 26.4 Å². The number of fused-ring (bicyclic) bond motifs is 1. The van der Waals surface area contributed by atoms with Crippen molar-refractivity contribution in [3.05, 3.63) is 54.1 Å². The van der Waals surface area contributed by atoms with Crippen LogP contribution in [0.25, 0.3) is 10.2 Å². The average Bonchev–Trinajstić information content (AvgIpc) is 2.97. The minimum absolute atomic E-state index is 0.0388. The van der Waals surface area contributed by atoms with E-state index in [2.05, 4.69) is 15.0 Å². The number of hydrogen-bond acceptors (Lipinski definition) is 5. The van der Waals surface area contributed by atoms with Crippen LogP contribution >= 0.6 is 11.3 Å². The van der Waals surface area contributed by atoms with Crippen LogP contribution in [0.3, 0.4) is 0 Å².